The lowest BCUT2D eigenvalue weighted by Gasteiger charge is -2.14. The molecule has 7 heteroatoms. The number of rotatable bonds is 9. The Hall–Kier alpha value is -2.93. The van der Waals surface area contributed by atoms with E-state index in [0.29, 0.717) is 23.7 Å². The lowest BCUT2D eigenvalue weighted by atomic mass is 10.1. The molecule has 1 saturated carbocycles. The van der Waals surface area contributed by atoms with E-state index in [0.717, 1.165) is 23.8 Å². The summed E-state index contributed by atoms with van der Waals surface area (Å²) in [6.07, 6.45) is 2.29. The van der Waals surface area contributed by atoms with Gasteiger partial charge < -0.3 is 9.88 Å². The van der Waals surface area contributed by atoms with Gasteiger partial charge in [-0.1, -0.05) is 55.9 Å². The summed E-state index contributed by atoms with van der Waals surface area (Å²) in [5.74, 6) is 1.37. The van der Waals surface area contributed by atoms with Crippen molar-refractivity contribution in [3.63, 3.8) is 0 Å². The van der Waals surface area contributed by atoms with Gasteiger partial charge in [0.05, 0.1) is 11.8 Å². The molecule has 3 aromatic rings. The number of hydrogen-bond donors (Lipinski definition) is 1. The minimum atomic E-state index is -0.308. The molecule has 1 N–H and O–H groups in total. The van der Waals surface area contributed by atoms with E-state index < -0.39 is 0 Å². The third-order valence-electron chi connectivity index (χ3n) is 5.48. The largest absolute Gasteiger partial charge is 0.326 e. The van der Waals surface area contributed by atoms with E-state index in [1.807, 2.05) is 39.0 Å². The van der Waals surface area contributed by atoms with Crippen molar-refractivity contribution in [3.8, 4) is 0 Å². The number of carbonyl (C=O) groups excluding carboxylic acids is 2. The Balaban J connectivity index is 1.47. The summed E-state index contributed by atoms with van der Waals surface area (Å²) in [6, 6.07) is 17.3. The fourth-order valence-electron chi connectivity index (χ4n) is 3.40. The number of Topliss-reactive ketones (excluding diaryl/α,β-unsaturated/α-hetero) is 1. The van der Waals surface area contributed by atoms with Crippen LogP contribution in [0.1, 0.15) is 61.3 Å². The third-order valence-corrected chi connectivity index (χ3v) is 6.56. The van der Waals surface area contributed by atoms with Gasteiger partial charge in [-0.3, -0.25) is 9.59 Å². The van der Waals surface area contributed by atoms with Crippen molar-refractivity contribution in [1.82, 2.24) is 14.8 Å². The SMILES string of the molecule is CC(C)C(=O)Nc1ccc(C(=O)[C@H](C)Sc2nnc(C3CC3)n2Cc2ccccc2)cc1. The summed E-state index contributed by atoms with van der Waals surface area (Å²) in [4.78, 5) is 24.9. The van der Waals surface area contributed by atoms with Crippen LogP contribution >= 0.6 is 11.8 Å². The maximum atomic E-state index is 13.0. The molecule has 0 bridgehead atoms. The third kappa shape index (κ3) is 5.27. The molecule has 0 radical (unpaired) electrons. The molecule has 6 nitrogen and oxygen atoms in total. The molecule has 1 aromatic heterocycles. The second-order valence-electron chi connectivity index (χ2n) is 8.53. The quantitative estimate of drug-likeness (QED) is 0.361. The van der Waals surface area contributed by atoms with E-state index in [4.69, 9.17) is 0 Å². The van der Waals surface area contributed by atoms with Crippen LogP contribution < -0.4 is 5.32 Å². The number of anilines is 1. The van der Waals surface area contributed by atoms with Crippen LogP contribution in [0.15, 0.2) is 59.8 Å². The average molecular weight is 449 g/mol. The number of thioether (sulfide) groups is 1. The van der Waals surface area contributed by atoms with E-state index in [2.05, 4.69) is 32.2 Å². The standard InChI is InChI=1S/C25H28N4O2S/c1-16(2)24(31)26-21-13-11-19(12-14-21)22(30)17(3)32-25-28-27-23(20-9-10-20)29(25)15-18-7-5-4-6-8-18/h4-8,11-14,16-17,20H,9-10,15H2,1-3H3,(H,26,31)/t17-/m0/s1. The maximum absolute atomic E-state index is 13.0. The topological polar surface area (TPSA) is 76.9 Å². The van der Waals surface area contributed by atoms with Crippen LogP contribution in [0, 0.1) is 5.92 Å². The summed E-state index contributed by atoms with van der Waals surface area (Å²) in [7, 11) is 0. The average Bonchev–Trinajstić information content (AvgIpc) is 3.57. The van der Waals surface area contributed by atoms with Gasteiger partial charge in [0.25, 0.3) is 0 Å². The monoisotopic (exact) mass is 448 g/mol. The van der Waals surface area contributed by atoms with E-state index in [-0.39, 0.29) is 22.9 Å². The van der Waals surface area contributed by atoms with Crippen molar-refractivity contribution in [1.29, 1.82) is 0 Å². The Morgan fingerprint density at radius 1 is 1.03 bits per heavy atom. The Morgan fingerprint density at radius 2 is 1.72 bits per heavy atom. The minimum absolute atomic E-state index is 0.0268. The first-order valence-electron chi connectivity index (χ1n) is 11.0. The van der Waals surface area contributed by atoms with Crippen LogP contribution in [0.4, 0.5) is 5.69 Å². The normalized spacial score (nSPS) is 14.4. The number of nitrogens with zero attached hydrogens (tertiary/aromatic N) is 3. The first-order chi connectivity index (χ1) is 15.4. The molecule has 1 aliphatic rings. The van der Waals surface area contributed by atoms with E-state index in [9.17, 15) is 9.59 Å². The molecule has 1 aliphatic carbocycles. The highest BCUT2D eigenvalue weighted by atomic mass is 32.2. The van der Waals surface area contributed by atoms with Gasteiger partial charge in [-0.2, -0.15) is 0 Å². The van der Waals surface area contributed by atoms with Gasteiger partial charge in [0.15, 0.2) is 10.9 Å². The first kappa shape index (κ1) is 22.3. The smallest absolute Gasteiger partial charge is 0.226 e. The zero-order valence-electron chi connectivity index (χ0n) is 18.6. The molecule has 0 unspecified atom stereocenters. The predicted molar refractivity (Wildman–Crippen MR) is 127 cm³/mol. The highest BCUT2D eigenvalue weighted by Gasteiger charge is 2.31. The van der Waals surface area contributed by atoms with Gasteiger partial charge in [0.2, 0.25) is 5.91 Å². The molecule has 1 atom stereocenters. The summed E-state index contributed by atoms with van der Waals surface area (Å²) >= 11 is 1.45. The zero-order chi connectivity index (χ0) is 22.7. The molecule has 4 rings (SSSR count). The lowest BCUT2D eigenvalue weighted by molar-refractivity contribution is -0.118. The molecule has 0 aliphatic heterocycles. The Kier molecular flexibility index (Phi) is 6.74. The molecule has 0 spiro atoms. The lowest BCUT2D eigenvalue weighted by Crippen LogP contribution is -2.18. The highest BCUT2D eigenvalue weighted by molar-refractivity contribution is 8.00. The van der Waals surface area contributed by atoms with Crippen LogP contribution in [-0.2, 0) is 11.3 Å². The number of carbonyl (C=O) groups is 2. The van der Waals surface area contributed by atoms with Crippen molar-refractivity contribution in [2.45, 2.75) is 56.5 Å². The highest BCUT2D eigenvalue weighted by Crippen LogP contribution is 2.40. The summed E-state index contributed by atoms with van der Waals surface area (Å²) in [5, 5.41) is 12.2. The van der Waals surface area contributed by atoms with Crippen molar-refractivity contribution >= 4 is 29.1 Å². The van der Waals surface area contributed by atoms with Gasteiger partial charge in [-0.15, -0.1) is 10.2 Å². The first-order valence-corrected chi connectivity index (χ1v) is 11.9. The fraction of sp³-hybridized carbons (Fsp3) is 0.360. The predicted octanol–water partition coefficient (Wildman–Crippen LogP) is 5.16. The number of nitrogens with one attached hydrogen (secondary N) is 1. The van der Waals surface area contributed by atoms with Crippen molar-refractivity contribution in [2.75, 3.05) is 5.32 Å². The Labute approximate surface area is 192 Å². The fourth-order valence-corrected chi connectivity index (χ4v) is 4.33. The molecule has 166 valence electrons. The molecule has 1 fully saturated rings. The summed E-state index contributed by atoms with van der Waals surface area (Å²) in [6.45, 7) is 6.29. The van der Waals surface area contributed by atoms with E-state index in [1.165, 1.54) is 17.3 Å². The summed E-state index contributed by atoms with van der Waals surface area (Å²) in [5.41, 5.74) is 2.50. The van der Waals surface area contributed by atoms with Gasteiger partial charge >= 0.3 is 0 Å². The van der Waals surface area contributed by atoms with Crippen LogP contribution in [0.25, 0.3) is 0 Å². The summed E-state index contributed by atoms with van der Waals surface area (Å²) < 4.78 is 2.16. The zero-order valence-corrected chi connectivity index (χ0v) is 19.4. The molecule has 2 aromatic carbocycles. The molecule has 32 heavy (non-hydrogen) atoms. The molecular weight excluding hydrogens is 420 g/mol. The minimum Gasteiger partial charge on any atom is -0.326 e. The van der Waals surface area contributed by atoms with Crippen molar-refractivity contribution in [3.05, 3.63) is 71.5 Å². The van der Waals surface area contributed by atoms with Crippen LogP contribution in [0.5, 0.6) is 0 Å². The van der Waals surface area contributed by atoms with Gasteiger partial charge in [-0.25, -0.2) is 0 Å². The van der Waals surface area contributed by atoms with Gasteiger partial charge in [-0.05, 0) is 49.6 Å². The van der Waals surface area contributed by atoms with Crippen LogP contribution in [0.2, 0.25) is 0 Å². The molecule has 1 amide bonds. The number of amides is 1. The van der Waals surface area contributed by atoms with E-state index >= 15 is 0 Å². The van der Waals surface area contributed by atoms with Crippen LogP contribution in [0.3, 0.4) is 0 Å². The molecular formula is C25H28N4O2S. The number of hydrogen-bond acceptors (Lipinski definition) is 5. The Bertz CT molecular complexity index is 1090. The van der Waals surface area contributed by atoms with Gasteiger partial charge in [0.1, 0.15) is 5.82 Å². The maximum Gasteiger partial charge on any atom is 0.226 e. The molecule has 1 heterocycles. The Morgan fingerprint density at radius 3 is 2.34 bits per heavy atom. The number of aromatic nitrogens is 3. The van der Waals surface area contributed by atoms with Gasteiger partial charge in [0, 0.05) is 23.1 Å². The van der Waals surface area contributed by atoms with E-state index in [1.54, 1.807) is 24.3 Å². The number of benzene rings is 2. The van der Waals surface area contributed by atoms with Crippen molar-refractivity contribution in [2.24, 2.45) is 5.92 Å². The van der Waals surface area contributed by atoms with Crippen LogP contribution in [-0.4, -0.2) is 31.7 Å². The van der Waals surface area contributed by atoms with Crippen molar-refractivity contribution < 1.29 is 9.59 Å². The second-order valence-corrected chi connectivity index (χ2v) is 9.84. The number of ketones is 1. The second kappa shape index (κ2) is 9.69. The molecule has 0 saturated heterocycles.